The van der Waals surface area contributed by atoms with Crippen LogP contribution in [0.25, 0.3) is 0 Å². The second-order valence-electron chi connectivity index (χ2n) is 6.57. The van der Waals surface area contributed by atoms with E-state index in [9.17, 15) is 0 Å². The fourth-order valence-corrected chi connectivity index (χ4v) is 7.16. The molecule has 4 atom stereocenters. The summed E-state index contributed by atoms with van der Waals surface area (Å²) in [5.74, 6) is 0. The van der Waals surface area contributed by atoms with E-state index < -0.39 is 8.45 Å². The monoisotopic (exact) mass is 382 g/mol. The highest BCUT2D eigenvalue weighted by Crippen LogP contribution is 2.58. The van der Waals surface area contributed by atoms with Crippen LogP contribution in [0, 0.1) is 0 Å². The number of halogens is 1. The van der Waals surface area contributed by atoms with Gasteiger partial charge in [0.15, 0.2) is 0 Å². The van der Waals surface area contributed by atoms with Crippen LogP contribution in [0.15, 0.2) is 30.3 Å². The molecule has 2 heterocycles. The third-order valence-electron chi connectivity index (χ3n) is 5.06. The Morgan fingerprint density at radius 3 is 2.68 bits per heavy atom. The Balaban J connectivity index is 1.55. The average molecular weight is 383 g/mol. The van der Waals surface area contributed by atoms with Gasteiger partial charge in [0, 0.05) is 29.6 Å². The van der Waals surface area contributed by atoms with E-state index in [2.05, 4.69) is 55.6 Å². The minimum absolute atomic E-state index is 0.380. The molecule has 1 saturated carbocycles. The van der Waals surface area contributed by atoms with Crippen LogP contribution < -0.4 is 4.67 Å². The Kier molecular flexibility index (Phi) is 4.73. The minimum Gasteiger partial charge on any atom is -0.322 e. The third-order valence-corrected chi connectivity index (χ3v) is 8.34. The summed E-state index contributed by atoms with van der Waals surface area (Å²) in [5, 5.41) is 0. The van der Waals surface area contributed by atoms with Crippen molar-refractivity contribution >= 4 is 30.1 Å². The van der Waals surface area contributed by atoms with Gasteiger partial charge in [-0.25, -0.2) is 4.67 Å². The van der Waals surface area contributed by atoms with E-state index in [4.69, 9.17) is 4.52 Å². The maximum absolute atomic E-state index is 6.72. The van der Waals surface area contributed by atoms with Crippen molar-refractivity contribution in [2.75, 3.05) is 17.8 Å². The van der Waals surface area contributed by atoms with E-state index in [-0.39, 0.29) is 0 Å². The van der Waals surface area contributed by atoms with Crippen molar-refractivity contribution in [3.05, 3.63) is 30.3 Å². The summed E-state index contributed by atoms with van der Waals surface area (Å²) < 4.78 is 11.9. The fraction of sp³-hybridized carbons (Fsp3) is 0.647. The van der Waals surface area contributed by atoms with Gasteiger partial charge in [-0.1, -0.05) is 47.0 Å². The number of hydrogen-bond acceptors (Lipinski definition) is 3. The number of para-hydroxylation sites is 1. The van der Waals surface area contributed by atoms with Gasteiger partial charge in [-0.05, 0) is 37.8 Å². The molecule has 0 amide bonds. The van der Waals surface area contributed by atoms with Crippen molar-refractivity contribution < 1.29 is 4.52 Å². The number of fused-ring (bicyclic) bond motifs is 1. The maximum atomic E-state index is 6.72. The summed E-state index contributed by atoms with van der Waals surface area (Å²) in [6.45, 7) is 2.34. The molecular formula is C17H24BrN2OP. The van der Waals surface area contributed by atoms with Crippen LogP contribution in [0.5, 0.6) is 0 Å². The topological polar surface area (TPSA) is 15.7 Å². The number of benzene rings is 1. The quantitative estimate of drug-likeness (QED) is 0.544. The lowest BCUT2D eigenvalue weighted by atomic mass is 9.98. The molecule has 22 heavy (non-hydrogen) atoms. The van der Waals surface area contributed by atoms with Crippen molar-refractivity contribution in [1.82, 2.24) is 4.67 Å². The summed E-state index contributed by atoms with van der Waals surface area (Å²) in [7, 11) is -0.638. The van der Waals surface area contributed by atoms with Gasteiger partial charge >= 0.3 is 0 Å². The van der Waals surface area contributed by atoms with Crippen LogP contribution in [0.2, 0.25) is 0 Å². The van der Waals surface area contributed by atoms with Crippen molar-refractivity contribution in [2.45, 2.75) is 55.5 Å². The fourth-order valence-electron chi connectivity index (χ4n) is 3.85. The first-order valence-corrected chi connectivity index (χ1v) is 10.6. The predicted molar refractivity (Wildman–Crippen MR) is 96.5 cm³/mol. The molecule has 0 radical (unpaired) electrons. The lowest BCUT2D eigenvalue weighted by molar-refractivity contribution is 0.170. The van der Waals surface area contributed by atoms with Crippen LogP contribution in [0.1, 0.15) is 38.5 Å². The highest BCUT2D eigenvalue weighted by Gasteiger charge is 2.45. The lowest BCUT2D eigenvalue weighted by Crippen LogP contribution is -2.30. The van der Waals surface area contributed by atoms with Crippen molar-refractivity contribution in [2.24, 2.45) is 0 Å². The van der Waals surface area contributed by atoms with Crippen LogP contribution in [0.3, 0.4) is 0 Å². The second-order valence-corrected chi connectivity index (χ2v) is 9.46. The van der Waals surface area contributed by atoms with Gasteiger partial charge in [0.25, 0.3) is 0 Å². The lowest BCUT2D eigenvalue weighted by Gasteiger charge is -2.35. The standard InChI is InChI=1S/C17H24BrN2OP/c18-16-10-4-5-11-17(16)21-22-19-12-6-9-15(19)13-20(22)14-7-2-1-3-8-14/h1-3,7-8,15-17H,4-6,9-13H2. The van der Waals surface area contributed by atoms with Crippen molar-refractivity contribution in [3.63, 3.8) is 0 Å². The molecule has 0 bridgehead atoms. The van der Waals surface area contributed by atoms with Gasteiger partial charge in [-0.2, -0.15) is 0 Å². The Morgan fingerprint density at radius 2 is 1.86 bits per heavy atom. The van der Waals surface area contributed by atoms with E-state index in [1.807, 2.05) is 0 Å². The van der Waals surface area contributed by atoms with E-state index in [0.29, 0.717) is 17.0 Å². The predicted octanol–water partition coefficient (Wildman–Crippen LogP) is 4.92. The van der Waals surface area contributed by atoms with Crippen LogP contribution in [-0.4, -0.2) is 34.7 Å². The molecule has 1 aromatic carbocycles. The molecule has 4 unspecified atom stereocenters. The first-order valence-electron chi connectivity index (χ1n) is 8.53. The zero-order valence-electron chi connectivity index (χ0n) is 12.9. The van der Waals surface area contributed by atoms with E-state index in [1.54, 1.807) is 0 Å². The number of anilines is 1. The van der Waals surface area contributed by atoms with Crippen molar-refractivity contribution in [3.8, 4) is 0 Å². The Hall–Kier alpha value is -0.150. The highest BCUT2D eigenvalue weighted by atomic mass is 79.9. The number of rotatable bonds is 3. The third kappa shape index (κ3) is 2.96. The largest absolute Gasteiger partial charge is 0.322 e. The van der Waals surface area contributed by atoms with Gasteiger partial charge < -0.3 is 9.19 Å². The normalized spacial score (nSPS) is 35.8. The Labute approximate surface area is 143 Å². The molecule has 1 aliphatic carbocycles. The van der Waals surface area contributed by atoms with E-state index >= 15 is 0 Å². The van der Waals surface area contributed by atoms with Gasteiger partial charge in [0.2, 0.25) is 8.45 Å². The number of hydrogen-bond donors (Lipinski definition) is 0. The van der Waals surface area contributed by atoms with Gasteiger partial charge in [-0.15, -0.1) is 0 Å². The molecule has 0 spiro atoms. The van der Waals surface area contributed by atoms with Crippen LogP contribution in [-0.2, 0) is 4.52 Å². The van der Waals surface area contributed by atoms with Crippen LogP contribution in [0.4, 0.5) is 5.69 Å². The molecule has 2 saturated heterocycles. The molecule has 4 rings (SSSR count). The number of nitrogens with zero attached hydrogens (tertiary/aromatic N) is 2. The molecule has 1 aromatic rings. The molecule has 3 fully saturated rings. The molecule has 0 N–H and O–H groups in total. The average Bonchev–Trinajstić information content (AvgIpc) is 3.13. The van der Waals surface area contributed by atoms with E-state index in [1.165, 1.54) is 50.8 Å². The highest BCUT2D eigenvalue weighted by molar-refractivity contribution is 9.09. The number of alkyl halides is 1. The second kappa shape index (κ2) is 6.76. The Bertz CT molecular complexity index is 503. The zero-order chi connectivity index (χ0) is 14.9. The molecule has 3 aliphatic rings. The van der Waals surface area contributed by atoms with Gasteiger partial charge in [0.05, 0.1) is 6.10 Å². The summed E-state index contributed by atoms with van der Waals surface area (Å²) in [5.41, 5.74) is 1.32. The summed E-state index contributed by atoms with van der Waals surface area (Å²) >= 11 is 3.86. The molecule has 3 nitrogen and oxygen atoms in total. The molecule has 5 heteroatoms. The SMILES string of the molecule is BrC1CCCCC1OP1N(c2ccccc2)CC2CCCN21. The van der Waals surface area contributed by atoms with Gasteiger partial charge in [0.1, 0.15) is 0 Å². The summed E-state index contributed by atoms with van der Waals surface area (Å²) in [4.78, 5) is 0.531. The van der Waals surface area contributed by atoms with Crippen molar-refractivity contribution in [1.29, 1.82) is 0 Å². The van der Waals surface area contributed by atoms with Gasteiger partial charge in [-0.3, -0.25) is 0 Å². The summed E-state index contributed by atoms with van der Waals surface area (Å²) in [6, 6.07) is 11.5. The molecule has 2 aliphatic heterocycles. The first kappa shape index (κ1) is 15.4. The molecular weight excluding hydrogens is 359 g/mol. The first-order chi connectivity index (χ1) is 10.8. The zero-order valence-corrected chi connectivity index (χ0v) is 15.4. The smallest absolute Gasteiger partial charge is 0.218 e. The molecule has 120 valence electrons. The van der Waals surface area contributed by atoms with Crippen LogP contribution >= 0.6 is 24.4 Å². The Morgan fingerprint density at radius 1 is 1.05 bits per heavy atom. The summed E-state index contributed by atoms with van der Waals surface area (Å²) in [6.07, 6.45) is 8.14. The van der Waals surface area contributed by atoms with E-state index in [0.717, 1.165) is 6.54 Å². The minimum atomic E-state index is -0.638. The maximum Gasteiger partial charge on any atom is 0.218 e. The molecule has 0 aromatic heterocycles.